The van der Waals surface area contributed by atoms with E-state index in [1.165, 1.54) is 12.1 Å². The number of ether oxygens (including phenoxy) is 3. The molecule has 3 fully saturated rings. The fraction of sp³-hybridized carbons (Fsp3) is 0.318. The zero-order chi connectivity index (χ0) is 23.5. The maximum atomic E-state index is 13.0. The average molecular weight is 583 g/mol. The Hall–Kier alpha value is -2.51. The van der Waals surface area contributed by atoms with Crippen molar-refractivity contribution < 1.29 is 41.6 Å². The van der Waals surface area contributed by atoms with Crippen LogP contribution in [0.4, 0.5) is 0 Å². The second kappa shape index (κ2) is 8.06. The summed E-state index contributed by atoms with van der Waals surface area (Å²) in [4.78, 5) is 37.7. The van der Waals surface area contributed by atoms with E-state index in [0.29, 0.717) is 12.0 Å². The van der Waals surface area contributed by atoms with Crippen LogP contribution in [0.1, 0.15) is 16.8 Å². The fourth-order valence-electron chi connectivity index (χ4n) is 5.10. The lowest BCUT2D eigenvalue weighted by atomic mass is 9.78. The second-order valence-electron chi connectivity index (χ2n) is 8.24. The minimum Gasteiger partial charge on any atom is -0.744 e. The Kier molecular flexibility index (Phi) is 5.45. The molecular weight excluding hydrogens is 567 g/mol. The van der Waals surface area contributed by atoms with Gasteiger partial charge >= 0.3 is 17.9 Å². The van der Waals surface area contributed by atoms with Crippen LogP contribution in [0.3, 0.4) is 0 Å². The molecule has 0 aromatic heterocycles. The van der Waals surface area contributed by atoms with Crippen molar-refractivity contribution in [1.82, 2.24) is 0 Å². The molecule has 1 aliphatic heterocycles. The van der Waals surface area contributed by atoms with Crippen molar-refractivity contribution in [1.29, 1.82) is 0 Å². The van der Waals surface area contributed by atoms with Crippen LogP contribution >= 0.6 is 22.6 Å². The predicted molar refractivity (Wildman–Crippen MR) is 117 cm³/mol. The van der Waals surface area contributed by atoms with Crippen LogP contribution in [0.2, 0.25) is 0 Å². The number of hydrogen-bond acceptors (Lipinski definition) is 9. The van der Waals surface area contributed by atoms with Crippen LogP contribution < -0.4 is 4.74 Å². The van der Waals surface area contributed by atoms with Crippen molar-refractivity contribution in [3.05, 3.63) is 57.7 Å². The van der Waals surface area contributed by atoms with Gasteiger partial charge in [0.25, 0.3) is 0 Å². The van der Waals surface area contributed by atoms with Gasteiger partial charge in [-0.05, 0) is 77.5 Å². The van der Waals surface area contributed by atoms with Crippen LogP contribution in [-0.2, 0) is 29.2 Å². The third kappa shape index (κ3) is 3.91. The van der Waals surface area contributed by atoms with Crippen LogP contribution in [0.5, 0.6) is 5.75 Å². The smallest absolute Gasteiger partial charge is 0.338 e. The Balaban J connectivity index is 1.35. The number of esters is 3. The average Bonchev–Trinajstić information content (AvgIpc) is 3.37. The van der Waals surface area contributed by atoms with Gasteiger partial charge in [-0.15, -0.1) is 0 Å². The summed E-state index contributed by atoms with van der Waals surface area (Å²) in [6, 6.07) is 11.3. The predicted octanol–water partition coefficient (Wildman–Crippen LogP) is 2.13. The largest absolute Gasteiger partial charge is 0.744 e. The minimum atomic E-state index is -4.63. The Labute approximate surface area is 202 Å². The number of rotatable bonds is 5. The molecule has 9 nitrogen and oxygen atoms in total. The molecule has 1 heterocycles. The van der Waals surface area contributed by atoms with Gasteiger partial charge in [-0.25, -0.2) is 13.2 Å². The maximum absolute atomic E-state index is 13.0. The zero-order valence-electron chi connectivity index (χ0n) is 16.8. The highest BCUT2D eigenvalue weighted by Crippen LogP contribution is 2.59. The van der Waals surface area contributed by atoms with E-state index in [1.54, 1.807) is 24.3 Å². The molecule has 172 valence electrons. The molecule has 0 spiro atoms. The lowest BCUT2D eigenvalue weighted by Crippen LogP contribution is -2.44. The quantitative estimate of drug-likeness (QED) is 0.225. The van der Waals surface area contributed by atoms with Crippen molar-refractivity contribution >= 4 is 50.6 Å². The summed E-state index contributed by atoms with van der Waals surface area (Å²) >= 11 is 2.12. The first-order valence-electron chi connectivity index (χ1n) is 10.1. The first-order chi connectivity index (χ1) is 15.6. The van der Waals surface area contributed by atoms with Gasteiger partial charge in [0.15, 0.2) is 0 Å². The number of benzene rings is 2. The Morgan fingerprint density at radius 1 is 1.03 bits per heavy atom. The van der Waals surface area contributed by atoms with Gasteiger partial charge in [-0.3, -0.25) is 9.59 Å². The molecule has 0 N–H and O–H groups in total. The van der Waals surface area contributed by atoms with Crippen LogP contribution in [0.25, 0.3) is 0 Å². The second-order valence-corrected chi connectivity index (χ2v) is 10.9. The molecule has 6 atom stereocenters. The summed E-state index contributed by atoms with van der Waals surface area (Å²) < 4.78 is 50.7. The van der Waals surface area contributed by atoms with E-state index < -0.39 is 62.9 Å². The monoisotopic (exact) mass is 583 g/mol. The standard InChI is InChI=1S/C22H17IO9S/c23-11-3-1-10(2-4-11)20(24)31-18-14-9-15-17(22(26)32-19(15)18)16(14)21(25)30-12-5-7-13(8-6-12)33(27,28)29/h1-8,14-19H,9H2,(H,27,28,29)/p-1/t14?,15?,16?,17-,18?,19?/m0/s1. The van der Waals surface area contributed by atoms with Crippen LogP contribution in [-0.4, -0.2) is 43.1 Å². The first-order valence-corrected chi connectivity index (χ1v) is 12.6. The number of fused-ring (bicyclic) bond motifs is 1. The summed E-state index contributed by atoms with van der Waals surface area (Å²) in [5, 5.41) is 0. The van der Waals surface area contributed by atoms with Crippen molar-refractivity contribution in [2.24, 2.45) is 23.7 Å². The molecule has 2 aliphatic carbocycles. The molecule has 5 rings (SSSR count). The molecule has 2 saturated carbocycles. The van der Waals surface area contributed by atoms with Gasteiger partial charge < -0.3 is 18.8 Å². The summed E-state index contributed by atoms with van der Waals surface area (Å²) in [5.41, 5.74) is 0.353. The van der Waals surface area contributed by atoms with Gasteiger partial charge in [-0.1, -0.05) is 0 Å². The lowest BCUT2D eigenvalue weighted by Gasteiger charge is -2.30. The Bertz CT molecular complexity index is 1240. The van der Waals surface area contributed by atoms with E-state index >= 15 is 0 Å². The van der Waals surface area contributed by atoms with E-state index in [2.05, 4.69) is 22.6 Å². The molecule has 2 aromatic carbocycles. The normalized spacial score (nSPS) is 29.6. The first kappa shape index (κ1) is 22.3. The number of halogens is 1. The summed E-state index contributed by atoms with van der Waals surface area (Å²) in [6.45, 7) is 0. The van der Waals surface area contributed by atoms with Gasteiger partial charge in [0.2, 0.25) is 0 Å². The molecule has 11 heteroatoms. The summed E-state index contributed by atoms with van der Waals surface area (Å²) in [6.07, 6.45) is -0.875. The van der Waals surface area contributed by atoms with Crippen molar-refractivity contribution in [2.45, 2.75) is 23.5 Å². The molecule has 0 amide bonds. The SMILES string of the molecule is O=C(OC1C2CC3C1OC(=O)[C@@H]3C2C(=O)Oc1ccc(S(=O)(=O)[O-])cc1)c1ccc(I)cc1. The van der Waals surface area contributed by atoms with Crippen LogP contribution in [0.15, 0.2) is 53.4 Å². The minimum absolute atomic E-state index is 0.0329. The highest BCUT2D eigenvalue weighted by Gasteiger charge is 2.70. The van der Waals surface area contributed by atoms with E-state index in [4.69, 9.17) is 14.2 Å². The molecule has 5 unspecified atom stereocenters. The molecule has 3 aliphatic rings. The van der Waals surface area contributed by atoms with Crippen molar-refractivity contribution in [2.75, 3.05) is 0 Å². The number of carbonyl (C=O) groups excluding carboxylic acids is 3. The molecule has 1 saturated heterocycles. The summed E-state index contributed by atoms with van der Waals surface area (Å²) in [5.74, 6) is -3.98. The van der Waals surface area contributed by atoms with E-state index in [-0.39, 0.29) is 11.7 Å². The van der Waals surface area contributed by atoms with E-state index in [9.17, 15) is 27.4 Å². The van der Waals surface area contributed by atoms with E-state index in [0.717, 1.165) is 15.7 Å². The highest BCUT2D eigenvalue weighted by atomic mass is 127. The summed E-state index contributed by atoms with van der Waals surface area (Å²) in [7, 11) is -4.63. The molecule has 33 heavy (non-hydrogen) atoms. The number of carbonyl (C=O) groups is 3. The zero-order valence-corrected chi connectivity index (χ0v) is 19.7. The van der Waals surface area contributed by atoms with Gasteiger partial charge in [0, 0.05) is 15.4 Å². The lowest BCUT2D eigenvalue weighted by molar-refractivity contribution is -0.149. The molecule has 2 aromatic rings. The van der Waals surface area contributed by atoms with Gasteiger partial charge in [-0.2, -0.15) is 0 Å². The Morgan fingerprint density at radius 3 is 2.33 bits per heavy atom. The fourth-order valence-corrected chi connectivity index (χ4v) is 5.93. The molecule has 2 bridgehead atoms. The third-order valence-electron chi connectivity index (χ3n) is 6.47. The topological polar surface area (TPSA) is 136 Å². The maximum Gasteiger partial charge on any atom is 0.338 e. The van der Waals surface area contributed by atoms with Gasteiger partial charge in [0.05, 0.1) is 22.3 Å². The van der Waals surface area contributed by atoms with Crippen molar-refractivity contribution in [3.8, 4) is 5.75 Å². The highest BCUT2D eigenvalue weighted by molar-refractivity contribution is 14.1. The van der Waals surface area contributed by atoms with Crippen LogP contribution in [0, 0.1) is 27.2 Å². The Morgan fingerprint density at radius 2 is 1.70 bits per heavy atom. The van der Waals surface area contributed by atoms with E-state index in [1.807, 2.05) is 0 Å². The molecule has 0 radical (unpaired) electrons. The number of hydrogen-bond donors (Lipinski definition) is 0. The van der Waals surface area contributed by atoms with Crippen molar-refractivity contribution in [3.63, 3.8) is 0 Å². The van der Waals surface area contributed by atoms with Gasteiger partial charge in [0.1, 0.15) is 28.1 Å². The molecular formula is C22H16IO9S-. The third-order valence-corrected chi connectivity index (χ3v) is 8.04.